The molecule has 3 rings (SSSR count). The van der Waals surface area contributed by atoms with Gasteiger partial charge in [0, 0.05) is 24.5 Å². The van der Waals surface area contributed by atoms with E-state index in [1.807, 2.05) is 0 Å². The topological polar surface area (TPSA) is 21.3 Å². The number of nitrogens with one attached hydrogen (secondary N) is 1. The van der Waals surface area contributed by atoms with Gasteiger partial charge >= 0.3 is 6.18 Å². The first kappa shape index (κ1) is 15.1. The Kier molecular flexibility index (Phi) is 3.50. The Morgan fingerprint density at radius 2 is 2.14 bits per heavy atom. The summed E-state index contributed by atoms with van der Waals surface area (Å²) in [6.45, 7) is 2.16. The van der Waals surface area contributed by atoms with E-state index in [-0.39, 0.29) is 15.9 Å². The molecule has 2 fully saturated rings. The Hall–Kier alpha value is -0.780. The van der Waals surface area contributed by atoms with E-state index in [1.165, 1.54) is 12.1 Å². The van der Waals surface area contributed by atoms with Gasteiger partial charge in [0.1, 0.15) is 0 Å². The van der Waals surface area contributed by atoms with Gasteiger partial charge in [-0.25, -0.2) is 0 Å². The van der Waals surface area contributed by atoms with Gasteiger partial charge < -0.3 is 10.1 Å². The van der Waals surface area contributed by atoms with E-state index < -0.39 is 11.7 Å². The number of piperidine rings is 1. The molecule has 21 heavy (non-hydrogen) atoms. The van der Waals surface area contributed by atoms with Crippen molar-refractivity contribution in [2.75, 3.05) is 26.8 Å². The van der Waals surface area contributed by atoms with Gasteiger partial charge in [-0.05, 0) is 37.1 Å². The molecule has 1 aliphatic heterocycles. The van der Waals surface area contributed by atoms with Crippen LogP contribution in [0.5, 0.6) is 0 Å². The second kappa shape index (κ2) is 4.86. The molecular weight excluding hydrogens is 303 g/mol. The SMILES string of the molecule is COCC12CNCCC1(c1ccc(Cl)c(C(F)(F)F)c1)C2. The summed E-state index contributed by atoms with van der Waals surface area (Å²) in [4.78, 5) is 0. The molecule has 2 nitrogen and oxygen atoms in total. The van der Waals surface area contributed by atoms with Crippen LogP contribution in [-0.2, 0) is 16.3 Å². The Labute approximate surface area is 126 Å². The van der Waals surface area contributed by atoms with Gasteiger partial charge in [0.15, 0.2) is 0 Å². The van der Waals surface area contributed by atoms with Crippen molar-refractivity contribution in [3.05, 3.63) is 34.3 Å². The second-order valence-electron chi connectivity index (χ2n) is 6.09. The van der Waals surface area contributed by atoms with Crippen LogP contribution in [0.25, 0.3) is 0 Å². The van der Waals surface area contributed by atoms with Crippen LogP contribution < -0.4 is 5.32 Å². The first-order chi connectivity index (χ1) is 9.85. The van der Waals surface area contributed by atoms with Crippen molar-refractivity contribution in [3.8, 4) is 0 Å². The fourth-order valence-electron chi connectivity index (χ4n) is 3.86. The maximum absolute atomic E-state index is 13.1. The molecule has 6 heteroatoms. The third kappa shape index (κ3) is 2.26. The molecule has 0 spiro atoms. The standard InChI is InChI=1S/C15H17ClF3NO/c1-21-9-13-7-14(13,4-5-20-8-13)10-2-3-12(16)11(6-10)15(17,18)19/h2-3,6,20H,4-5,7-9H2,1H3. The van der Waals surface area contributed by atoms with Crippen LogP contribution in [0.3, 0.4) is 0 Å². The highest BCUT2D eigenvalue weighted by molar-refractivity contribution is 6.31. The Morgan fingerprint density at radius 1 is 1.38 bits per heavy atom. The first-order valence-corrected chi connectivity index (χ1v) is 7.29. The summed E-state index contributed by atoms with van der Waals surface area (Å²) in [7, 11) is 1.63. The van der Waals surface area contributed by atoms with E-state index in [1.54, 1.807) is 13.2 Å². The summed E-state index contributed by atoms with van der Waals surface area (Å²) < 4.78 is 44.5. The second-order valence-corrected chi connectivity index (χ2v) is 6.50. The molecule has 1 aliphatic carbocycles. The third-order valence-electron chi connectivity index (χ3n) is 4.97. The zero-order chi connectivity index (χ0) is 15.3. The summed E-state index contributed by atoms with van der Waals surface area (Å²) in [5.41, 5.74) is -0.305. The smallest absolute Gasteiger partial charge is 0.384 e. The lowest BCUT2D eigenvalue weighted by molar-refractivity contribution is -0.137. The molecule has 2 aliphatic rings. The van der Waals surface area contributed by atoms with Gasteiger partial charge in [0.05, 0.1) is 17.2 Å². The van der Waals surface area contributed by atoms with Crippen LogP contribution in [0, 0.1) is 5.41 Å². The number of hydrogen-bond acceptors (Lipinski definition) is 2. The van der Waals surface area contributed by atoms with Crippen molar-refractivity contribution < 1.29 is 17.9 Å². The highest BCUT2D eigenvalue weighted by Crippen LogP contribution is 2.68. The molecule has 0 amide bonds. The maximum Gasteiger partial charge on any atom is 0.417 e. The molecule has 1 saturated carbocycles. The van der Waals surface area contributed by atoms with Crippen LogP contribution in [-0.4, -0.2) is 26.8 Å². The number of benzene rings is 1. The minimum absolute atomic E-state index is 0.0866. The fourth-order valence-corrected chi connectivity index (χ4v) is 4.08. The van der Waals surface area contributed by atoms with Crippen molar-refractivity contribution in [3.63, 3.8) is 0 Å². The number of hydrogen-bond donors (Lipinski definition) is 1. The Morgan fingerprint density at radius 3 is 2.81 bits per heavy atom. The lowest BCUT2D eigenvalue weighted by Crippen LogP contribution is -2.40. The minimum Gasteiger partial charge on any atom is -0.384 e. The number of ether oxygens (including phenoxy) is 1. The van der Waals surface area contributed by atoms with E-state index in [4.69, 9.17) is 16.3 Å². The zero-order valence-corrected chi connectivity index (χ0v) is 12.4. The van der Waals surface area contributed by atoms with Crippen molar-refractivity contribution in [1.82, 2.24) is 5.32 Å². The van der Waals surface area contributed by atoms with E-state index in [9.17, 15) is 13.2 Å². The molecule has 1 aromatic carbocycles. The fraction of sp³-hybridized carbons (Fsp3) is 0.600. The summed E-state index contributed by atoms with van der Waals surface area (Å²) >= 11 is 5.72. The summed E-state index contributed by atoms with van der Waals surface area (Å²) in [6.07, 6.45) is -2.73. The van der Waals surface area contributed by atoms with E-state index in [2.05, 4.69) is 5.32 Å². The van der Waals surface area contributed by atoms with Crippen LogP contribution in [0.2, 0.25) is 5.02 Å². The molecule has 0 bridgehead atoms. The molecule has 1 heterocycles. The van der Waals surface area contributed by atoms with E-state index in [0.717, 1.165) is 31.5 Å². The lowest BCUT2D eigenvalue weighted by Gasteiger charge is -2.31. The molecule has 1 saturated heterocycles. The molecular formula is C15H17ClF3NO. The van der Waals surface area contributed by atoms with Crippen molar-refractivity contribution in [2.24, 2.45) is 5.41 Å². The van der Waals surface area contributed by atoms with E-state index in [0.29, 0.717) is 6.61 Å². The van der Waals surface area contributed by atoms with Gasteiger partial charge in [0.2, 0.25) is 0 Å². The predicted molar refractivity (Wildman–Crippen MR) is 74.5 cm³/mol. The number of alkyl halides is 3. The predicted octanol–water partition coefficient (Wildman–Crippen LogP) is 3.63. The average Bonchev–Trinajstić information content (AvgIpc) is 3.08. The number of methoxy groups -OCH3 is 1. The van der Waals surface area contributed by atoms with Gasteiger partial charge in [-0.3, -0.25) is 0 Å². The zero-order valence-electron chi connectivity index (χ0n) is 11.7. The third-order valence-corrected chi connectivity index (χ3v) is 5.30. The van der Waals surface area contributed by atoms with E-state index >= 15 is 0 Å². The van der Waals surface area contributed by atoms with Gasteiger partial charge in [-0.15, -0.1) is 0 Å². The molecule has 2 unspecified atom stereocenters. The molecule has 1 N–H and O–H groups in total. The molecule has 0 radical (unpaired) electrons. The quantitative estimate of drug-likeness (QED) is 0.918. The largest absolute Gasteiger partial charge is 0.417 e. The monoisotopic (exact) mass is 319 g/mol. The lowest BCUT2D eigenvalue weighted by atomic mass is 9.81. The van der Waals surface area contributed by atoms with Gasteiger partial charge in [-0.1, -0.05) is 17.7 Å². The van der Waals surface area contributed by atoms with Crippen LogP contribution in [0.15, 0.2) is 18.2 Å². The van der Waals surface area contributed by atoms with Gasteiger partial charge in [-0.2, -0.15) is 13.2 Å². The average molecular weight is 320 g/mol. The van der Waals surface area contributed by atoms with Crippen LogP contribution in [0.4, 0.5) is 13.2 Å². The first-order valence-electron chi connectivity index (χ1n) is 6.92. The van der Waals surface area contributed by atoms with Crippen molar-refractivity contribution in [1.29, 1.82) is 0 Å². The molecule has 0 aromatic heterocycles. The molecule has 116 valence electrons. The van der Waals surface area contributed by atoms with Crippen LogP contribution >= 0.6 is 11.6 Å². The summed E-state index contributed by atoms with van der Waals surface area (Å²) in [5.74, 6) is 0. The van der Waals surface area contributed by atoms with Gasteiger partial charge in [0.25, 0.3) is 0 Å². The maximum atomic E-state index is 13.1. The Balaban J connectivity index is 2.01. The highest BCUT2D eigenvalue weighted by atomic mass is 35.5. The van der Waals surface area contributed by atoms with Crippen LogP contribution in [0.1, 0.15) is 24.0 Å². The molecule has 1 aromatic rings. The number of rotatable bonds is 3. The van der Waals surface area contributed by atoms with Crippen molar-refractivity contribution >= 4 is 11.6 Å². The normalized spacial score (nSPS) is 31.9. The highest BCUT2D eigenvalue weighted by Gasteiger charge is 2.68. The molecule has 2 atom stereocenters. The number of halogens is 4. The van der Waals surface area contributed by atoms with Crippen molar-refractivity contribution in [2.45, 2.75) is 24.4 Å². The minimum atomic E-state index is -4.42. The Bertz CT molecular complexity index is 558. The summed E-state index contributed by atoms with van der Waals surface area (Å²) in [5, 5.41) is 3.08. The number of fused-ring (bicyclic) bond motifs is 1. The summed E-state index contributed by atoms with van der Waals surface area (Å²) in [6, 6.07) is 4.33.